The van der Waals surface area contributed by atoms with Crippen molar-refractivity contribution in [3.63, 3.8) is 0 Å². The standard InChI is InChI=1S/C28H44O6/c1-16-19(13-20(29)14-24(16)30)9-8-18-7-6-12-28(5)22(10-11-23(18)28)17(2)21(26(32)33)15-25(31)27(3,4)34/h8-9,17,20-25,29-31,34H,1,6-7,10-15H2,2-5H3,(H,32,33)/t17-,20-,21?,22-,23?,24+,25?,28-/m1/s1. The van der Waals surface area contributed by atoms with Crippen LogP contribution in [0.5, 0.6) is 0 Å². The summed E-state index contributed by atoms with van der Waals surface area (Å²) >= 11 is 0. The van der Waals surface area contributed by atoms with Gasteiger partial charge in [-0.3, -0.25) is 4.79 Å². The average Bonchev–Trinajstić information content (AvgIpc) is 3.09. The van der Waals surface area contributed by atoms with Gasteiger partial charge in [-0.25, -0.2) is 0 Å². The summed E-state index contributed by atoms with van der Waals surface area (Å²) in [4.78, 5) is 12.2. The molecule has 34 heavy (non-hydrogen) atoms. The first-order chi connectivity index (χ1) is 15.8. The zero-order chi connectivity index (χ0) is 25.4. The number of fused-ring (bicyclic) bond motifs is 1. The normalized spacial score (nSPS) is 37.5. The fourth-order valence-corrected chi connectivity index (χ4v) is 6.96. The van der Waals surface area contributed by atoms with Crippen molar-refractivity contribution in [2.75, 3.05) is 0 Å². The first-order valence-corrected chi connectivity index (χ1v) is 12.8. The van der Waals surface area contributed by atoms with Crippen LogP contribution in [0.3, 0.4) is 0 Å². The van der Waals surface area contributed by atoms with Crippen molar-refractivity contribution in [1.29, 1.82) is 0 Å². The van der Waals surface area contributed by atoms with Gasteiger partial charge in [-0.1, -0.05) is 38.2 Å². The molecule has 192 valence electrons. The highest BCUT2D eigenvalue weighted by Gasteiger charge is 2.52. The van der Waals surface area contributed by atoms with Gasteiger partial charge in [-0.2, -0.15) is 0 Å². The van der Waals surface area contributed by atoms with Crippen molar-refractivity contribution in [1.82, 2.24) is 0 Å². The minimum Gasteiger partial charge on any atom is -0.481 e. The van der Waals surface area contributed by atoms with Crippen LogP contribution in [0.2, 0.25) is 0 Å². The number of allylic oxidation sites excluding steroid dienone is 3. The van der Waals surface area contributed by atoms with Crippen LogP contribution in [0.1, 0.15) is 79.1 Å². The average molecular weight is 477 g/mol. The maximum atomic E-state index is 12.2. The number of carboxylic acids is 1. The molecule has 0 aromatic heterocycles. The van der Waals surface area contributed by atoms with Gasteiger partial charge in [-0.15, -0.1) is 0 Å². The number of aliphatic hydroxyl groups excluding tert-OH is 3. The maximum absolute atomic E-state index is 12.2. The van der Waals surface area contributed by atoms with Gasteiger partial charge in [0.25, 0.3) is 0 Å². The molecule has 0 radical (unpaired) electrons. The fourth-order valence-electron chi connectivity index (χ4n) is 6.96. The molecule has 0 bridgehead atoms. The van der Waals surface area contributed by atoms with Crippen LogP contribution < -0.4 is 0 Å². The third kappa shape index (κ3) is 5.51. The number of aliphatic hydroxyl groups is 4. The molecule has 3 saturated carbocycles. The Balaban J connectivity index is 1.81. The predicted molar refractivity (Wildman–Crippen MR) is 132 cm³/mol. The van der Waals surface area contributed by atoms with E-state index in [1.807, 2.05) is 13.0 Å². The van der Waals surface area contributed by atoms with Crippen molar-refractivity contribution in [3.8, 4) is 0 Å². The van der Waals surface area contributed by atoms with E-state index in [0.29, 0.717) is 24.3 Å². The molecule has 0 amide bonds. The monoisotopic (exact) mass is 476 g/mol. The fraction of sp³-hybridized carbons (Fsp3) is 0.750. The molecule has 0 aliphatic heterocycles. The van der Waals surface area contributed by atoms with Crippen molar-refractivity contribution in [3.05, 3.63) is 35.5 Å². The van der Waals surface area contributed by atoms with Crippen LogP contribution in [0, 0.1) is 29.1 Å². The van der Waals surface area contributed by atoms with E-state index < -0.39 is 35.8 Å². The molecule has 6 nitrogen and oxygen atoms in total. The van der Waals surface area contributed by atoms with Crippen LogP contribution in [-0.4, -0.2) is 55.4 Å². The van der Waals surface area contributed by atoms with Gasteiger partial charge in [0.2, 0.25) is 0 Å². The zero-order valence-corrected chi connectivity index (χ0v) is 21.2. The molecule has 3 aliphatic carbocycles. The molecule has 0 aromatic carbocycles. The lowest BCUT2D eigenvalue weighted by Crippen LogP contribution is -2.43. The molecular formula is C28H44O6. The Kier molecular flexibility index (Phi) is 8.18. The van der Waals surface area contributed by atoms with E-state index in [2.05, 4.69) is 19.6 Å². The molecule has 0 saturated heterocycles. The minimum absolute atomic E-state index is 0.0159. The van der Waals surface area contributed by atoms with E-state index in [4.69, 9.17) is 0 Å². The van der Waals surface area contributed by atoms with E-state index >= 15 is 0 Å². The molecule has 3 aliphatic rings. The van der Waals surface area contributed by atoms with Crippen LogP contribution in [0.15, 0.2) is 35.5 Å². The number of aliphatic carboxylic acids is 1. The molecule has 8 atom stereocenters. The minimum atomic E-state index is -1.34. The van der Waals surface area contributed by atoms with Crippen LogP contribution in [0.4, 0.5) is 0 Å². The van der Waals surface area contributed by atoms with Crippen molar-refractivity contribution in [2.24, 2.45) is 29.1 Å². The summed E-state index contributed by atoms with van der Waals surface area (Å²) in [7, 11) is 0. The second kappa shape index (κ2) is 10.3. The molecule has 0 aromatic rings. The molecule has 3 fully saturated rings. The molecule has 0 heterocycles. The highest BCUT2D eigenvalue weighted by molar-refractivity contribution is 5.70. The number of hydrogen-bond donors (Lipinski definition) is 5. The smallest absolute Gasteiger partial charge is 0.306 e. The molecule has 6 heteroatoms. The van der Waals surface area contributed by atoms with Gasteiger partial charge >= 0.3 is 5.97 Å². The van der Waals surface area contributed by atoms with E-state index in [1.165, 1.54) is 19.4 Å². The van der Waals surface area contributed by atoms with Gasteiger partial charge in [-0.05, 0) is 93.1 Å². The van der Waals surface area contributed by atoms with E-state index in [1.54, 1.807) is 0 Å². The Bertz CT molecular complexity index is 836. The third-order valence-corrected chi connectivity index (χ3v) is 9.18. The second-order valence-electron chi connectivity index (χ2n) is 11.9. The predicted octanol–water partition coefficient (Wildman–Crippen LogP) is 3.99. The largest absolute Gasteiger partial charge is 0.481 e. The lowest BCUT2D eigenvalue weighted by molar-refractivity contribution is -0.148. The topological polar surface area (TPSA) is 118 Å². The summed E-state index contributed by atoms with van der Waals surface area (Å²) < 4.78 is 0. The van der Waals surface area contributed by atoms with Gasteiger partial charge in [0.15, 0.2) is 0 Å². The summed E-state index contributed by atoms with van der Waals surface area (Å²) in [5, 5.41) is 50.8. The molecule has 0 spiro atoms. The summed E-state index contributed by atoms with van der Waals surface area (Å²) in [6.45, 7) is 11.3. The van der Waals surface area contributed by atoms with Gasteiger partial charge in [0, 0.05) is 6.42 Å². The Hall–Kier alpha value is -1.47. The highest BCUT2D eigenvalue weighted by Crippen LogP contribution is 2.60. The summed E-state index contributed by atoms with van der Waals surface area (Å²) in [6.07, 6.45) is 7.76. The zero-order valence-electron chi connectivity index (χ0n) is 21.2. The molecular weight excluding hydrogens is 432 g/mol. The second-order valence-corrected chi connectivity index (χ2v) is 11.9. The first-order valence-electron chi connectivity index (χ1n) is 12.8. The van der Waals surface area contributed by atoms with Crippen LogP contribution >= 0.6 is 0 Å². The van der Waals surface area contributed by atoms with Gasteiger partial charge in [0.05, 0.1) is 29.8 Å². The highest BCUT2D eigenvalue weighted by atomic mass is 16.4. The Morgan fingerprint density at radius 3 is 2.56 bits per heavy atom. The van der Waals surface area contributed by atoms with Crippen molar-refractivity contribution < 1.29 is 30.3 Å². The lowest BCUT2D eigenvalue weighted by Gasteiger charge is -2.45. The maximum Gasteiger partial charge on any atom is 0.306 e. The lowest BCUT2D eigenvalue weighted by atomic mass is 9.59. The molecule has 3 rings (SSSR count). The molecule has 5 N–H and O–H groups in total. The van der Waals surface area contributed by atoms with Crippen molar-refractivity contribution >= 4 is 5.97 Å². The summed E-state index contributed by atoms with van der Waals surface area (Å²) in [6, 6.07) is 0. The Morgan fingerprint density at radius 1 is 1.26 bits per heavy atom. The van der Waals surface area contributed by atoms with E-state index in [0.717, 1.165) is 37.7 Å². The summed E-state index contributed by atoms with van der Waals surface area (Å²) in [5.74, 6) is -1.16. The third-order valence-electron chi connectivity index (χ3n) is 9.18. The Labute approximate surface area is 204 Å². The van der Waals surface area contributed by atoms with Gasteiger partial charge < -0.3 is 25.5 Å². The number of carboxylic acid groups (broad SMARTS) is 1. The van der Waals surface area contributed by atoms with E-state index in [9.17, 15) is 30.3 Å². The Morgan fingerprint density at radius 2 is 1.94 bits per heavy atom. The van der Waals surface area contributed by atoms with Crippen LogP contribution in [0.25, 0.3) is 0 Å². The molecule has 3 unspecified atom stereocenters. The SMILES string of the molecule is C=C1C(=CC=C2CCC[C@@]3(C)C2CC[C@@H]3[C@H](C)C(CC(O)C(C)(C)O)C(=O)O)C[C@@H](O)C[C@@H]1O. The number of carbonyl (C=O) groups is 1. The quantitative estimate of drug-likeness (QED) is 0.379. The number of hydrogen-bond acceptors (Lipinski definition) is 5. The van der Waals surface area contributed by atoms with E-state index in [-0.39, 0.29) is 23.7 Å². The number of rotatable bonds is 7. The first kappa shape index (κ1) is 27.1. The van der Waals surface area contributed by atoms with Crippen LogP contribution in [-0.2, 0) is 4.79 Å². The van der Waals surface area contributed by atoms with Gasteiger partial charge in [0.1, 0.15) is 0 Å². The van der Waals surface area contributed by atoms with Crippen molar-refractivity contribution in [2.45, 2.75) is 103 Å². The summed E-state index contributed by atoms with van der Waals surface area (Å²) in [5.41, 5.74) is 1.60.